The molecule has 8 heteroatoms. The van der Waals surface area contributed by atoms with Crippen molar-refractivity contribution >= 4 is 34.1 Å². The molecule has 0 saturated heterocycles. The van der Waals surface area contributed by atoms with Crippen LogP contribution in [0.2, 0.25) is 0 Å². The molecule has 2 N–H and O–H groups in total. The minimum absolute atomic E-state index is 0.243. The summed E-state index contributed by atoms with van der Waals surface area (Å²) < 4.78 is 20.1. The van der Waals surface area contributed by atoms with Crippen LogP contribution in [0.25, 0.3) is 10.9 Å². The first kappa shape index (κ1) is 21.4. The SMILES string of the molecule is COc1cccc2[nH]c(C(=O)NC3N=C(c4ccccc4F)c4ccccc4N(C)C3=O)cc12. The largest absolute Gasteiger partial charge is 0.496 e. The molecule has 1 unspecified atom stereocenters. The lowest BCUT2D eigenvalue weighted by Crippen LogP contribution is -2.46. The van der Waals surface area contributed by atoms with Crippen LogP contribution < -0.4 is 15.0 Å². The van der Waals surface area contributed by atoms with Crippen molar-refractivity contribution in [2.45, 2.75) is 6.17 Å². The summed E-state index contributed by atoms with van der Waals surface area (Å²) in [5.41, 5.74) is 2.66. The lowest BCUT2D eigenvalue weighted by Gasteiger charge is -2.20. The van der Waals surface area contributed by atoms with E-state index in [2.05, 4.69) is 15.3 Å². The zero-order valence-corrected chi connectivity index (χ0v) is 18.5. The molecule has 170 valence electrons. The molecule has 7 nitrogen and oxygen atoms in total. The average molecular weight is 456 g/mol. The number of likely N-dealkylation sites (N-methyl/N-ethyl adjacent to an activating group) is 1. The zero-order valence-electron chi connectivity index (χ0n) is 18.5. The first-order valence-corrected chi connectivity index (χ1v) is 10.6. The second-order valence-electron chi connectivity index (χ2n) is 7.85. The Morgan fingerprint density at radius 3 is 2.56 bits per heavy atom. The lowest BCUT2D eigenvalue weighted by molar-refractivity contribution is -0.119. The van der Waals surface area contributed by atoms with Crippen molar-refractivity contribution in [1.82, 2.24) is 10.3 Å². The number of benzene rings is 3. The van der Waals surface area contributed by atoms with Gasteiger partial charge in [0.25, 0.3) is 11.8 Å². The van der Waals surface area contributed by atoms with Crippen LogP contribution in [0.15, 0.2) is 77.8 Å². The van der Waals surface area contributed by atoms with Crippen LogP contribution in [0, 0.1) is 5.82 Å². The van der Waals surface area contributed by atoms with Crippen molar-refractivity contribution in [1.29, 1.82) is 0 Å². The van der Waals surface area contributed by atoms with Crippen molar-refractivity contribution < 1.29 is 18.7 Å². The van der Waals surface area contributed by atoms with E-state index >= 15 is 0 Å². The van der Waals surface area contributed by atoms with Crippen molar-refractivity contribution in [3.63, 3.8) is 0 Å². The van der Waals surface area contributed by atoms with Crippen LogP contribution in [0.5, 0.6) is 5.75 Å². The Morgan fingerprint density at radius 1 is 1.06 bits per heavy atom. The lowest BCUT2D eigenvalue weighted by atomic mass is 10.00. The van der Waals surface area contributed by atoms with Crippen LogP contribution in [0.4, 0.5) is 10.1 Å². The Balaban J connectivity index is 1.57. The quantitative estimate of drug-likeness (QED) is 0.489. The predicted molar refractivity (Wildman–Crippen MR) is 128 cm³/mol. The second-order valence-corrected chi connectivity index (χ2v) is 7.85. The third kappa shape index (κ3) is 3.59. The summed E-state index contributed by atoms with van der Waals surface area (Å²) in [6.45, 7) is 0. The molecule has 1 aromatic heterocycles. The third-order valence-corrected chi connectivity index (χ3v) is 5.83. The topological polar surface area (TPSA) is 86.8 Å². The molecule has 0 aliphatic carbocycles. The molecule has 0 radical (unpaired) electrons. The molecule has 3 aromatic carbocycles. The summed E-state index contributed by atoms with van der Waals surface area (Å²) >= 11 is 0. The highest BCUT2D eigenvalue weighted by Gasteiger charge is 2.32. The number of benzodiazepines with no additional fused rings is 1. The fraction of sp³-hybridized carbons (Fsp3) is 0.115. The third-order valence-electron chi connectivity index (χ3n) is 5.83. The number of hydrogen-bond donors (Lipinski definition) is 2. The van der Waals surface area contributed by atoms with Crippen LogP contribution in [0.3, 0.4) is 0 Å². The van der Waals surface area contributed by atoms with Gasteiger partial charge in [0.2, 0.25) is 6.17 Å². The van der Waals surface area contributed by atoms with Gasteiger partial charge in [-0.15, -0.1) is 0 Å². The van der Waals surface area contributed by atoms with Crippen molar-refractivity contribution in [2.24, 2.45) is 4.99 Å². The van der Waals surface area contributed by atoms with Gasteiger partial charge in [0, 0.05) is 29.1 Å². The summed E-state index contributed by atoms with van der Waals surface area (Å²) in [5.74, 6) is -0.817. The number of fused-ring (bicyclic) bond motifs is 2. The molecule has 0 spiro atoms. The number of halogens is 1. The van der Waals surface area contributed by atoms with E-state index in [1.165, 1.54) is 11.0 Å². The molecule has 0 saturated carbocycles. The highest BCUT2D eigenvalue weighted by molar-refractivity contribution is 6.20. The molecular weight excluding hydrogens is 435 g/mol. The molecular formula is C26H21FN4O3. The molecule has 5 rings (SSSR count). The van der Waals surface area contributed by atoms with E-state index in [1.807, 2.05) is 12.1 Å². The number of rotatable bonds is 4. The Morgan fingerprint density at radius 2 is 1.79 bits per heavy atom. The summed E-state index contributed by atoms with van der Waals surface area (Å²) in [6.07, 6.45) is -1.26. The molecule has 1 atom stereocenters. The van der Waals surface area contributed by atoms with E-state index in [1.54, 1.807) is 68.8 Å². The maximum atomic E-state index is 14.8. The van der Waals surface area contributed by atoms with Gasteiger partial charge in [0.15, 0.2) is 0 Å². The molecule has 4 aromatic rings. The molecule has 2 amide bonds. The summed E-state index contributed by atoms with van der Waals surface area (Å²) in [4.78, 5) is 35.4. The Bertz CT molecular complexity index is 1460. The standard InChI is InChI=1S/C26H21FN4O3/c1-31-21-12-6-4-9-16(21)23(15-8-3-5-10-18(15)27)29-24(26(31)33)30-25(32)20-14-17-19(28-20)11-7-13-22(17)34-2/h3-14,24,28H,1-2H3,(H,30,32). The van der Waals surface area contributed by atoms with Crippen LogP contribution in [0.1, 0.15) is 21.6 Å². The first-order chi connectivity index (χ1) is 16.5. The molecule has 2 heterocycles. The van der Waals surface area contributed by atoms with E-state index < -0.39 is 23.8 Å². The van der Waals surface area contributed by atoms with Crippen LogP contribution in [-0.2, 0) is 4.79 Å². The number of methoxy groups -OCH3 is 1. The number of aliphatic imine (C=N–C) groups is 1. The maximum absolute atomic E-state index is 14.8. The number of ether oxygens (including phenoxy) is 1. The maximum Gasteiger partial charge on any atom is 0.272 e. The first-order valence-electron chi connectivity index (χ1n) is 10.6. The number of anilines is 1. The van der Waals surface area contributed by atoms with E-state index in [-0.39, 0.29) is 17.0 Å². The number of aromatic amines is 1. The Hall–Kier alpha value is -4.46. The van der Waals surface area contributed by atoms with Gasteiger partial charge in [0.05, 0.1) is 18.5 Å². The molecule has 0 fully saturated rings. The van der Waals surface area contributed by atoms with Gasteiger partial charge in [-0.1, -0.05) is 36.4 Å². The predicted octanol–water partition coefficient (Wildman–Crippen LogP) is 3.89. The number of nitrogens with one attached hydrogen (secondary N) is 2. The van der Waals surface area contributed by atoms with Crippen molar-refractivity contribution in [3.05, 3.63) is 95.4 Å². The van der Waals surface area contributed by atoms with Gasteiger partial charge in [-0.2, -0.15) is 0 Å². The number of nitrogens with zero attached hydrogens (tertiary/aromatic N) is 2. The van der Waals surface area contributed by atoms with Gasteiger partial charge in [-0.3, -0.25) is 9.59 Å². The number of carbonyl (C=O) groups is 2. The van der Waals surface area contributed by atoms with Gasteiger partial charge >= 0.3 is 0 Å². The minimum Gasteiger partial charge on any atom is -0.496 e. The summed E-state index contributed by atoms with van der Waals surface area (Å²) in [6, 6.07) is 20.4. The number of amides is 2. The number of H-pyrrole nitrogens is 1. The fourth-order valence-electron chi connectivity index (χ4n) is 4.11. The van der Waals surface area contributed by atoms with E-state index in [0.29, 0.717) is 17.0 Å². The highest BCUT2D eigenvalue weighted by atomic mass is 19.1. The smallest absolute Gasteiger partial charge is 0.272 e. The highest BCUT2D eigenvalue weighted by Crippen LogP contribution is 2.29. The zero-order chi connectivity index (χ0) is 23.8. The van der Waals surface area contributed by atoms with Gasteiger partial charge < -0.3 is 19.9 Å². The normalized spacial score (nSPS) is 15.5. The van der Waals surface area contributed by atoms with E-state index in [4.69, 9.17) is 4.74 Å². The van der Waals surface area contributed by atoms with Crippen LogP contribution >= 0.6 is 0 Å². The van der Waals surface area contributed by atoms with Gasteiger partial charge in [-0.25, -0.2) is 9.38 Å². The average Bonchev–Trinajstić information content (AvgIpc) is 3.27. The number of aromatic nitrogens is 1. The fourth-order valence-corrected chi connectivity index (χ4v) is 4.11. The number of carbonyl (C=O) groups excluding carboxylic acids is 2. The number of para-hydroxylation sites is 1. The van der Waals surface area contributed by atoms with E-state index in [0.717, 1.165) is 10.9 Å². The molecule has 1 aliphatic rings. The molecule has 0 bridgehead atoms. The Labute approximate surface area is 194 Å². The van der Waals surface area contributed by atoms with Gasteiger partial charge in [-0.05, 0) is 36.4 Å². The second kappa shape index (κ2) is 8.47. The summed E-state index contributed by atoms with van der Waals surface area (Å²) in [7, 11) is 3.16. The summed E-state index contributed by atoms with van der Waals surface area (Å²) in [5, 5.41) is 3.43. The molecule has 1 aliphatic heterocycles. The van der Waals surface area contributed by atoms with Crippen LogP contribution in [-0.4, -0.2) is 42.8 Å². The number of hydrogen-bond acceptors (Lipinski definition) is 4. The van der Waals surface area contributed by atoms with Gasteiger partial charge in [0.1, 0.15) is 17.3 Å². The minimum atomic E-state index is -1.26. The Kier molecular flexibility index (Phi) is 5.33. The van der Waals surface area contributed by atoms with E-state index in [9.17, 15) is 14.0 Å². The van der Waals surface area contributed by atoms with Crippen molar-refractivity contribution in [3.8, 4) is 5.75 Å². The monoisotopic (exact) mass is 456 g/mol. The van der Waals surface area contributed by atoms with Crippen molar-refractivity contribution in [2.75, 3.05) is 19.1 Å². The molecule has 34 heavy (non-hydrogen) atoms.